The Kier molecular flexibility index (Phi) is 4.93. The highest BCUT2D eigenvalue weighted by molar-refractivity contribution is 5.78. The summed E-state index contributed by atoms with van der Waals surface area (Å²) in [5.41, 5.74) is 1.93. The fraction of sp³-hybridized carbons (Fsp3) is 0. The van der Waals surface area contributed by atoms with Gasteiger partial charge in [-0.25, -0.2) is 9.97 Å². The van der Waals surface area contributed by atoms with Crippen molar-refractivity contribution < 1.29 is 0 Å². The first kappa shape index (κ1) is 14.7. The van der Waals surface area contributed by atoms with Crippen molar-refractivity contribution in [3.05, 3.63) is 97.2 Å². The van der Waals surface area contributed by atoms with Crippen molar-refractivity contribution in [1.82, 2.24) is 9.97 Å². The smallest absolute Gasteiger partial charge is 0.227 e. The van der Waals surface area contributed by atoms with Gasteiger partial charge in [0, 0.05) is 17.3 Å². The average Bonchev–Trinajstić information content (AvgIpc) is 2.64. The van der Waals surface area contributed by atoms with Gasteiger partial charge >= 0.3 is 0 Å². The highest BCUT2D eigenvalue weighted by Crippen LogP contribution is 2.15. The third kappa shape index (κ3) is 4.38. The third-order valence-electron chi connectivity index (χ3n) is 3.19. The molecule has 0 aliphatic rings. The van der Waals surface area contributed by atoms with Gasteiger partial charge in [-0.1, -0.05) is 72.8 Å². The molecular weight excluding hydrogens is 282 g/mol. The summed E-state index contributed by atoms with van der Waals surface area (Å²) in [5, 5.41) is 4.22. The van der Waals surface area contributed by atoms with Crippen LogP contribution >= 0.6 is 0 Å². The topological polar surface area (TPSA) is 37.8 Å². The van der Waals surface area contributed by atoms with E-state index in [1.807, 2.05) is 97.2 Å². The molecule has 0 atom stereocenters. The first-order chi connectivity index (χ1) is 11.4. The van der Waals surface area contributed by atoms with Gasteiger partial charge in [0.15, 0.2) is 0 Å². The normalized spacial score (nSPS) is 9.74. The minimum Gasteiger partial charge on any atom is -0.324 e. The Balaban J connectivity index is 0.000000220. The Bertz CT molecular complexity index is 819. The monoisotopic (exact) mass is 299 g/mol. The number of para-hydroxylation sites is 2. The second-order valence-electron chi connectivity index (χ2n) is 4.90. The number of hydrogen-bond acceptors (Lipinski definition) is 3. The Morgan fingerprint density at radius 2 is 1.17 bits per heavy atom. The summed E-state index contributed by atoms with van der Waals surface area (Å²) in [5.74, 6) is 0.620. The van der Waals surface area contributed by atoms with E-state index in [9.17, 15) is 0 Å². The van der Waals surface area contributed by atoms with E-state index < -0.39 is 0 Å². The van der Waals surface area contributed by atoms with Crippen molar-refractivity contribution >= 4 is 22.5 Å². The van der Waals surface area contributed by atoms with Crippen LogP contribution in [0.4, 0.5) is 11.6 Å². The molecule has 0 fully saturated rings. The molecule has 1 aromatic heterocycles. The van der Waals surface area contributed by atoms with Crippen molar-refractivity contribution in [1.29, 1.82) is 0 Å². The lowest BCUT2D eigenvalue weighted by Gasteiger charge is -2.04. The molecule has 0 amide bonds. The molecule has 0 saturated heterocycles. The lowest BCUT2D eigenvalue weighted by atomic mass is 10.2. The van der Waals surface area contributed by atoms with E-state index in [4.69, 9.17) is 0 Å². The summed E-state index contributed by atoms with van der Waals surface area (Å²) in [4.78, 5) is 8.73. The molecule has 112 valence electrons. The van der Waals surface area contributed by atoms with Gasteiger partial charge in [0.2, 0.25) is 5.95 Å². The van der Waals surface area contributed by atoms with Gasteiger partial charge in [0.1, 0.15) is 0 Å². The molecule has 23 heavy (non-hydrogen) atoms. The number of benzene rings is 3. The zero-order valence-corrected chi connectivity index (χ0v) is 12.6. The molecule has 0 aliphatic carbocycles. The van der Waals surface area contributed by atoms with Crippen LogP contribution in [-0.4, -0.2) is 9.97 Å². The van der Waals surface area contributed by atoms with Crippen LogP contribution in [0.25, 0.3) is 10.9 Å². The molecule has 0 spiro atoms. The van der Waals surface area contributed by atoms with Crippen LogP contribution in [0.15, 0.2) is 97.2 Å². The fourth-order valence-corrected chi connectivity index (χ4v) is 2.07. The minimum atomic E-state index is 0.620. The van der Waals surface area contributed by atoms with Crippen LogP contribution < -0.4 is 5.32 Å². The van der Waals surface area contributed by atoms with E-state index in [0.717, 1.165) is 16.6 Å². The quantitative estimate of drug-likeness (QED) is 0.562. The second-order valence-corrected chi connectivity index (χ2v) is 4.90. The fourth-order valence-electron chi connectivity index (χ4n) is 2.07. The van der Waals surface area contributed by atoms with Crippen LogP contribution in [0.5, 0.6) is 0 Å². The molecule has 0 radical (unpaired) electrons. The number of fused-ring (bicyclic) bond motifs is 1. The molecule has 4 rings (SSSR count). The predicted molar refractivity (Wildman–Crippen MR) is 95.7 cm³/mol. The first-order valence-electron chi connectivity index (χ1n) is 7.46. The number of anilines is 2. The Hall–Kier alpha value is -3.20. The van der Waals surface area contributed by atoms with E-state index in [1.165, 1.54) is 0 Å². The lowest BCUT2D eigenvalue weighted by Crippen LogP contribution is -1.96. The number of rotatable bonds is 2. The number of nitrogens with zero attached hydrogens (tertiary/aromatic N) is 2. The van der Waals surface area contributed by atoms with Crippen LogP contribution in [0.2, 0.25) is 0 Å². The van der Waals surface area contributed by atoms with E-state index >= 15 is 0 Å². The van der Waals surface area contributed by atoms with Crippen LogP contribution in [0.3, 0.4) is 0 Å². The van der Waals surface area contributed by atoms with Gasteiger partial charge in [-0.15, -0.1) is 0 Å². The van der Waals surface area contributed by atoms with Gasteiger partial charge in [-0.05, 0) is 18.2 Å². The highest BCUT2D eigenvalue weighted by atomic mass is 15.1. The number of aromatic nitrogens is 2. The maximum Gasteiger partial charge on any atom is 0.227 e. The molecule has 1 heterocycles. The molecule has 0 unspecified atom stereocenters. The Morgan fingerprint density at radius 3 is 1.87 bits per heavy atom. The molecule has 0 bridgehead atoms. The van der Waals surface area contributed by atoms with Gasteiger partial charge in [-0.3, -0.25) is 0 Å². The Morgan fingerprint density at radius 1 is 0.609 bits per heavy atom. The van der Waals surface area contributed by atoms with Crippen LogP contribution in [0, 0.1) is 0 Å². The zero-order valence-electron chi connectivity index (χ0n) is 12.6. The summed E-state index contributed by atoms with van der Waals surface area (Å²) in [7, 11) is 0. The summed E-state index contributed by atoms with van der Waals surface area (Å²) in [6.45, 7) is 0. The standard InChI is InChI=1S/C14H11N3.C6H6/c1-2-7-12(8-3-1)16-14-15-10-11-6-4-5-9-13(11)17-14;1-2-4-6-5-3-1/h1-10H,(H,15,16,17);1-6H. The number of nitrogens with one attached hydrogen (secondary N) is 1. The molecular formula is C20H17N3. The molecule has 1 N–H and O–H groups in total. The zero-order chi connectivity index (χ0) is 15.7. The predicted octanol–water partition coefficient (Wildman–Crippen LogP) is 5.06. The van der Waals surface area contributed by atoms with Crippen molar-refractivity contribution in [3.8, 4) is 0 Å². The summed E-state index contributed by atoms with van der Waals surface area (Å²) in [6, 6.07) is 29.8. The van der Waals surface area contributed by atoms with Gasteiger partial charge in [0.05, 0.1) is 5.52 Å². The lowest BCUT2D eigenvalue weighted by molar-refractivity contribution is 1.21. The van der Waals surface area contributed by atoms with E-state index in [1.54, 1.807) is 0 Å². The first-order valence-corrected chi connectivity index (χ1v) is 7.46. The SMILES string of the molecule is c1ccc(Nc2ncc3ccccc3n2)cc1.c1ccccc1. The summed E-state index contributed by atoms with van der Waals surface area (Å²) in [6.07, 6.45) is 1.83. The van der Waals surface area contributed by atoms with Crippen LogP contribution in [-0.2, 0) is 0 Å². The van der Waals surface area contributed by atoms with E-state index in [0.29, 0.717) is 5.95 Å². The average molecular weight is 299 g/mol. The molecule has 3 heteroatoms. The highest BCUT2D eigenvalue weighted by Gasteiger charge is 1.99. The van der Waals surface area contributed by atoms with Gasteiger partial charge in [0.25, 0.3) is 0 Å². The molecule has 0 saturated carbocycles. The second kappa shape index (κ2) is 7.71. The summed E-state index contributed by atoms with van der Waals surface area (Å²) >= 11 is 0. The van der Waals surface area contributed by atoms with Gasteiger partial charge < -0.3 is 5.32 Å². The minimum absolute atomic E-state index is 0.620. The van der Waals surface area contributed by atoms with E-state index in [-0.39, 0.29) is 0 Å². The maximum atomic E-state index is 4.45. The number of hydrogen-bond donors (Lipinski definition) is 1. The van der Waals surface area contributed by atoms with E-state index in [2.05, 4.69) is 15.3 Å². The van der Waals surface area contributed by atoms with Crippen molar-refractivity contribution in [3.63, 3.8) is 0 Å². The van der Waals surface area contributed by atoms with Crippen molar-refractivity contribution in [2.24, 2.45) is 0 Å². The molecule has 4 aromatic rings. The Labute approximate surface area is 135 Å². The maximum absolute atomic E-state index is 4.45. The van der Waals surface area contributed by atoms with Crippen molar-refractivity contribution in [2.75, 3.05) is 5.32 Å². The largest absolute Gasteiger partial charge is 0.324 e. The van der Waals surface area contributed by atoms with Crippen molar-refractivity contribution in [2.45, 2.75) is 0 Å². The van der Waals surface area contributed by atoms with Gasteiger partial charge in [-0.2, -0.15) is 0 Å². The molecule has 3 nitrogen and oxygen atoms in total. The molecule has 0 aliphatic heterocycles. The summed E-state index contributed by atoms with van der Waals surface area (Å²) < 4.78 is 0. The van der Waals surface area contributed by atoms with Crippen LogP contribution in [0.1, 0.15) is 0 Å². The molecule has 3 aromatic carbocycles. The third-order valence-corrected chi connectivity index (χ3v) is 3.19.